The predicted octanol–water partition coefficient (Wildman–Crippen LogP) is 1.49. The molecule has 1 unspecified atom stereocenters. The summed E-state index contributed by atoms with van der Waals surface area (Å²) in [6, 6.07) is 3.15. The number of nitrogens with one attached hydrogen (secondary N) is 1. The maximum Gasteiger partial charge on any atom is 0.193 e. The van der Waals surface area contributed by atoms with E-state index in [1.165, 1.54) is 0 Å². The number of aromatic nitrogens is 3. The Morgan fingerprint density at radius 2 is 2.41 bits per heavy atom. The molecule has 7 heteroatoms. The largest absolute Gasteiger partial charge is 0.448 e. The number of hydrazine groups is 1. The van der Waals surface area contributed by atoms with Gasteiger partial charge in [-0.05, 0) is 30.2 Å². The SMILES string of the molecule is CCCn1nncc1C(NN)c1ccc(Cl)o1. The fourth-order valence-corrected chi connectivity index (χ4v) is 1.82. The molecule has 0 aliphatic carbocycles. The summed E-state index contributed by atoms with van der Waals surface area (Å²) in [5, 5.41) is 8.22. The first-order valence-electron chi connectivity index (χ1n) is 5.36. The van der Waals surface area contributed by atoms with Gasteiger partial charge >= 0.3 is 0 Å². The van der Waals surface area contributed by atoms with Crippen molar-refractivity contribution in [1.82, 2.24) is 20.4 Å². The zero-order valence-corrected chi connectivity index (χ0v) is 10.2. The third kappa shape index (κ3) is 2.49. The molecule has 0 bridgehead atoms. The topological polar surface area (TPSA) is 81.9 Å². The summed E-state index contributed by atoms with van der Waals surface area (Å²) >= 11 is 5.75. The van der Waals surface area contributed by atoms with Gasteiger partial charge in [0.2, 0.25) is 0 Å². The predicted molar refractivity (Wildman–Crippen MR) is 63.2 cm³/mol. The molecule has 0 aliphatic heterocycles. The average Bonchev–Trinajstić information content (AvgIpc) is 2.91. The Hall–Kier alpha value is -1.37. The van der Waals surface area contributed by atoms with Gasteiger partial charge in [-0.15, -0.1) is 5.10 Å². The van der Waals surface area contributed by atoms with Gasteiger partial charge in [0.1, 0.15) is 11.8 Å². The molecule has 0 radical (unpaired) electrons. The highest BCUT2D eigenvalue weighted by Crippen LogP contribution is 2.24. The first kappa shape index (κ1) is 12.1. The lowest BCUT2D eigenvalue weighted by atomic mass is 10.2. The Bertz CT molecular complexity index is 481. The molecule has 2 aromatic rings. The van der Waals surface area contributed by atoms with Crippen LogP contribution in [0.3, 0.4) is 0 Å². The first-order valence-corrected chi connectivity index (χ1v) is 5.73. The molecule has 2 heterocycles. The second-order valence-electron chi connectivity index (χ2n) is 3.62. The fraction of sp³-hybridized carbons (Fsp3) is 0.400. The molecular formula is C10H14ClN5O. The van der Waals surface area contributed by atoms with Gasteiger partial charge in [-0.1, -0.05) is 12.1 Å². The molecular weight excluding hydrogens is 242 g/mol. The average molecular weight is 256 g/mol. The molecule has 0 fully saturated rings. The Balaban J connectivity index is 2.31. The van der Waals surface area contributed by atoms with Crippen molar-refractivity contribution in [2.75, 3.05) is 0 Å². The third-order valence-corrected chi connectivity index (χ3v) is 2.63. The minimum Gasteiger partial charge on any atom is -0.448 e. The van der Waals surface area contributed by atoms with E-state index < -0.39 is 0 Å². The highest BCUT2D eigenvalue weighted by atomic mass is 35.5. The van der Waals surface area contributed by atoms with Crippen molar-refractivity contribution in [3.8, 4) is 0 Å². The molecule has 0 aliphatic rings. The number of hydrogen-bond acceptors (Lipinski definition) is 5. The number of nitrogens with zero attached hydrogens (tertiary/aromatic N) is 3. The number of furan rings is 1. The Kier molecular flexibility index (Phi) is 3.78. The molecule has 0 spiro atoms. The van der Waals surface area contributed by atoms with Crippen LogP contribution in [0.2, 0.25) is 5.22 Å². The minimum absolute atomic E-state index is 0.302. The molecule has 0 amide bonds. The molecule has 0 saturated carbocycles. The van der Waals surface area contributed by atoms with Gasteiger partial charge in [-0.2, -0.15) is 0 Å². The fourth-order valence-electron chi connectivity index (χ4n) is 1.67. The molecule has 0 saturated heterocycles. The quantitative estimate of drug-likeness (QED) is 0.625. The number of nitrogens with two attached hydrogens (primary N) is 1. The van der Waals surface area contributed by atoms with E-state index in [1.807, 2.05) is 0 Å². The van der Waals surface area contributed by atoms with E-state index in [2.05, 4.69) is 22.7 Å². The highest BCUT2D eigenvalue weighted by molar-refractivity contribution is 6.28. The van der Waals surface area contributed by atoms with Crippen LogP contribution in [0.4, 0.5) is 0 Å². The molecule has 92 valence electrons. The van der Waals surface area contributed by atoms with Crippen LogP contribution in [-0.2, 0) is 6.54 Å². The zero-order valence-electron chi connectivity index (χ0n) is 9.43. The number of rotatable bonds is 5. The molecule has 2 rings (SSSR count). The van der Waals surface area contributed by atoms with Crippen LogP contribution in [0.5, 0.6) is 0 Å². The van der Waals surface area contributed by atoms with E-state index in [1.54, 1.807) is 23.0 Å². The van der Waals surface area contributed by atoms with Crippen LogP contribution in [0.15, 0.2) is 22.7 Å². The van der Waals surface area contributed by atoms with Crippen molar-refractivity contribution in [3.63, 3.8) is 0 Å². The number of halogens is 1. The Morgan fingerprint density at radius 1 is 1.59 bits per heavy atom. The summed E-state index contributed by atoms with van der Waals surface area (Å²) in [5.74, 6) is 6.18. The Labute approximate surface area is 104 Å². The van der Waals surface area contributed by atoms with Crippen LogP contribution >= 0.6 is 11.6 Å². The van der Waals surface area contributed by atoms with Crippen molar-refractivity contribution in [1.29, 1.82) is 0 Å². The minimum atomic E-state index is -0.302. The van der Waals surface area contributed by atoms with Gasteiger partial charge in [0, 0.05) is 6.54 Å². The maximum atomic E-state index is 5.75. The molecule has 2 aromatic heterocycles. The van der Waals surface area contributed by atoms with Crippen LogP contribution in [0.25, 0.3) is 0 Å². The smallest absolute Gasteiger partial charge is 0.193 e. The van der Waals surface area contributed by atoms with Gasteiger partial charge in [-0.3, -0.25) is 5.84 Å². The summed E-state index contributed by atoms with van der Waals surface area (Å²) in [4.78, 5) is 0. The molecule has 6 nitrogen and oxygen atoms in total. The summed E-state index contributed by atoms with van der Waals surface area (Å²) in [6.45, 7) is 2.85. The van der Waals surface area contributed by atoms with Gasteiger partial charge in [0.05, 0.1) is 11.9 Å². The molecule has 1 atom stereocenters. The van der Waals surface area contributed by atoms with Crippen molar-refractivity contribution >= 4 is 11.6 Å². The van der Waals surface area contributed by atoms with Gasteiger partial charge in [-0.25, -0.2) is 10.1 Å². The van der Waals surface area contributed by atoms with Gasteiger partial charge < -0.3 is 4.42 Å². The second-order valence-corrected chi connectivity index (χ2v) is 4.00. The van der Waals surface area contributed by atoms with E-state index in [9.17, 15) is 0 Å². The van der Waals surface area contributed by atoms with Crippen molar-refractivity contribution in [3.05, 3.63) is 35.0 Å². The van der Waals surface area contributed by atoms with Crippen LogP contribution < -0.4 is 11.3 Å². The van der Waals surface area contributed by atoms with Crippen molar-refractivity contribution < 1.29 is 4.42 Å². The molecule has 0 aromatic carbocycles. The van der Waals surface area contributed by atoms with Crippen molar-refractivity contribution in [2.45, 2.75) is 25.9 Å². The highest BCUT2D eigenvalue weighted by Gasteiger charge is 2.20. The van der Waals surface area contributed by atoms with Crippen LogP contribution in [-0.4, -0.2) is 15.0 Å². The lowest BCUT2D eigenvalue weighted by Gasteiger charge is -2.14. The van der Waals surface area contributed by atoms with E-state index in [0.29, 0.717) is 11.0 Å². The normalized spacial score (nSPS) is 12.9. The summed E-state index contributed by atoms with van der Waals surface area (Å²) in [5.41, 5.74) is 3.53. The maximum absolute atomic E-state index is 5.75. The molecule has 17 heavy (non-hydrogen) atoms. The summed E-state index contributed by atoms with van der Waals surface area (Å²) in [6.07, 6.45) is 2.63. The zero-order chi connectivity index (χ0) is 12.3. The van der Waals surface area contributed by atoms with E-state index in [4.69, 9.17) is 21.9 Å². The lowest BCUT2D eigenvalue weighted by molar-refractivity contribution is 0.428. The third-order valence-electron chi connectivity index (χ3n) is 2.42. The lowest BCUT2D eigenvalue weighted by Crippen LogP contribution is -2.30. The van der Waals surface area contributed by atoms with E-state index in [-0.39, 0.29) is 6.04 Å². The van der Waals surface area contributed by atoms with Gasteiger partial charge in [0.25, 0.3) is 0 Å². The standard InChI is InChI=1S/C10H14ClN5O/c1-2-5-16-7(6-13-15-16)10(14-12)8-3-4-9(11)17-8/h3-4,6,10,14H,2,5,12H2,1H3. The summed E-state index contributed by atoms with van der Waals surface area (Å²) < 4.78 is 7.14. The monoisotopic (exact) mass is 255 g/mol. The van der Waals surface area contributed by atoms with E-state index >= 15 is 0 Å². The molecule has 3 N–H and O–H groups in total. The van der Waals surface area contributed by atoms with E-state index in [0.717, 1.165) is 18.7 Å². The Morgan fingerprint density at radius 3 is 3.00 bits per heavy atom. The second kappa shape index (κ2) is 5.31. The van der Waals surface area contributed by atoms with Crippen LogP contribution in [0, 0.1) is 0 Å². The number of aryl methyl sites for hydroxylation is 1. The number of hydrogen-bond donors (Lipinski definition) is 2. The van der Waals surface area contributed by atoms with Crippen molar-refractivity contribution in [2.24, 2.45) is 5.84 Å². The first-order chi connectivity index (χ1) is 8.26. The van der Waals surface area contributed by atoms with Gasteiger partial charge in [0.15, 0.2) is 5.22 Å². The van der Waals surface area contributed by atoms with Crippen LogP contribution in [0.1, 0.15) is 30.8 Å². The summed E-state index contributed by atoms with van der Waals surface area (Å²) in [7, 11) is 0.